The third-order valence-corrected chi connectivity index (χ3v) is 4.90. The molecule has 0 aromatic heterocycles. The number of halogens is 5. The van der Waals surface area contributed by atoms with Crippen LogP contribution in [0.4, 0.5) is 18.9 Å². The van der Waals surface area contributed by atoms with Crippen molar-refractivity contribution < 1.29 is 13.2 Å². The molecule has 106 valence electrons. The Morgan fingerprint density at radius 1 is 1.32 bits per heavy atom. The van der Waals surface area contributed by atoms with Gasteiger partial charge in [0.1, 0.15) is 0 Å². The van der Waals surface area contributed by atoms with Crippen molar-refractivity contribution >= 4 is 37.5 Å². The molecule has 0 aliphatic carbocycles. The normalized spacial score (nSPS) is 20.7. The van der Waals surface area contributed by atoms with Gasteiger partial charge in [0, 0.05) is 22.9 Å². The SMILES string of the molecule is FC(F)(F)c1ccc(N2CCCC(CBr)C2)c(Br)c1. The van der Waals surface area contributed by atoms with Crippen molar-refractivity contribution in [2.75, 3.05) is 23.3 Å². The maximum absolute atomic E-state index is 12.6. The lowest BCUT2D eigenvalue weighted by Gasteiger charge is -2.34. The van der Waals surface area contributed by atoms with Gasteiger partial charge in [0.25, 0.3) is 0 Å². The summed E-state index contributed by atoms with van der Waals surface area (Å²) in [5.41, 5.74) is 0.232. The van der Waals surface area contributed by atoms with Gasteiger partial charge in [-0.1, -0.05) is 15.9 Å². The molecule has 1 atom stereocenters. The highest BCUT2D eigenvalue weighted by atomic mass is 79.9. The van der Waals surface area contributed by atoms with Crippen molar-refractivity contribution in [1.29, 1.82) is 0 Å². The van der Waals surface area contributed by atoms with Gasteiger partial charge in [-0.2, -0.15) is 13.2 Å². The number of hydrogen-bond donors (Lipinski definition) is 0. The van der Waals surface area contributed by atoms with E-state index in [0.717, 1.165) is 42.7 Å². The van der Waals surface area contributed by atoms with Crippen LogP contribution in [0.2, 0.25) is 0 Å². The van der Waals surface area contributed by atoms with E-state index in [0.29, 0.717) is 10.4 Å². The Kier molecular flexibility index (Phi) is 4.82. The largest absolute Gasteiger partial charge is 0.416 e. The standard InChI is InChI=1S/C13H14Br2F3N/c14-7-9-2-1-5-19(8-9)12-4-3-10(6-11(12)15)13(16,17)18/h3-4,6,9H,1-2,5,7-8H2. The summed E-state index contributed by atoms with van der Waals surface area (Å²) >= 11 is 6.74. The number of nitrogens with zero attached hydrogens (tertiary/aromatic N) is 1. The summed E-state index contributed by atoms with van der Waals surface area (Å²) in [6.45, 7) is 1.78. The predicted octanol–water partition coefficient (Wildman–Crippen LogP) is 5.08. The van der Waals surface area contributed by atoms with E-state index in [4.69, 9.17) is 0 Å². The minimum absolute atomic E-state index is 0.512. The molecule has 0 bridgehead atoms. The first kappa shape index (κ1) is 15.2. The average Bonchev–Trinajstić information content (AvgIpc) is 2.37. The van der Waals surface area contributed by atoms with Crippen LogP contribution in [0.15, 0.2) is 22.7 Å². The molecule has 1 fully saturated rings. The van der Waals surface area contributed by atoms with Crippen molar-refractivity contribution in [3.63, 3.8) is 0 Å². The Morgan fingerprint density at radius 3 is 2.63 bits per heavy atom. The van der Waals surface area contributed by atoms with Crippen molar-refractivity contribution in [3.05, 3.63) is 28.2 Å². The first-order valence-electron chi connectivity index (χ1n) is 6.09. The zero-order valence-electron chi connectivity index (χ0n) is 10.2. The van der Waals surface area contributed by atoms with E-state index < -0.39 is 11.7 Å². The van der Waals surface area contributed by atoms with Gasteiger partial charge in [-0.05, 0) is 52.9 Å². The molecule has 0 spiro atoms. The molecular weight excluding hydrogens is 387 g/mol. The number of benzene rings is 1. The van der Waals surface area contributed by atoms with Crippen molar-refractivity contribution in [3.8, 4) is 0 Å². The van der Waals surface area contributed by atoms with Crippen LogP contribution in [0, 0.1) is 5.92 Å². The predicted molar refractivity (Wildman–Crippen MR) is 77.9 cm³/mol. The quantitative estimate of drug-likeness (QED) is 0.625. The van der Waals surface area contributed by atoms with Gasteiger partial charge in [0.05, 0.1) is 11.3 Å². The third-order valence-electron chi connectivity index (χ3n) is 3.35. The molecule has 2 rings (SSSR count). The van der Waals surface area contributed by atoms with E-state index in [-0.39, 0.29) is 0 Å². The lowest BCUT2D eigenvalue weighted by molar-refractivity contribution is -0.137. The number of piperidine rings is 1. The molecule has 0 radical (unpaired) electrons. The molecule has 0 amide bonds. The van der Waals surface area contributed by atoms with Crippen LogP contribution >= 0.6 is 31.9 Å². The molecule has 6 heteroatoms. The van der Waals surface area contributed by atoms with E-state index in [1.165, 1.54) is 6.42 Å². The number of hydrogen-bond acceptors (Lipinski definition) is 1. The second-order valence-electron chi connectivity index (χ2n) is 4.77. The third kappa shape index (κ3) is 3.66. The molecule has 1 aliphatic rings. The Bertz CT molecular complexity index is 448. The van der Waals surface area contributed by atoms with Crippen LogP contribution in [0.25, 0.3) is 0 Å². The highest BCUT2D eigenvalue weighted by Crippen LogP contribution is 2.36. The minimum Gasteiger partial charge on any atom is -0.370 e. The zero-order valence-corrected chi connectivity index (χ0v) is 13.4. The van der Waals surface area contributed by atoms with E-state index >= 15 is 0 Å². The number of rotatable bonds is 2. The summed E-state index contributed by atoms with van der Waals surface area (Å²) < 4.78 is 38.4. The van der Waals surface area contributed by atoms with Crippen LogP contribution < -0.4 is 4.90 Å². The Hall–Kier alpha value is -0.230. The van der Waals surface area contributed by atoms with Gasteiger partial charge in [-0.15, -0.1) is 0 Å². The van der Waals surface area contributed by atoms with Crippen molar-refractivity contribution in [1.82, 2.24) is 0 Å². The molecule has 1 unspecified atom stereocenters. The first-order valence-corrected chi connectivity index (χ1v) is 8.01. The Morgan fingerprint density at radius 2 is 2.05 bits per heavy atom. The Balaban J connectivity index is 2.21. The van der Waals surface area contributed by atoms with Crippen molar-refractivity contribution in [2.24, 2.45) is 5.92 Å². The van der Waals surface area contributed by atoms with Gasteiger partial charge in [0.2, 0.25) is 0 Å². The number of alkyl halides is 4. The van der Waals surface area contributed by atoms with Gasteiger partial charge in [0.15, 0.2) is 0 Å². The molecule has 0 saturated carbocycles. The fourth-order valence-electron chi connectivity index (χ4n) is 2.35. The second-order valence-corrected chi connectivity index (χ2v) is 6.27. The highest BCUT2D eigenvalue weighted by molar-refractivity contribution is 9.10. The van der Waals surface area contributed by atoms with Gasteiger partial charge in [-0.3, -0.25) is 0 Å². The van der Waals surface area contributed by atoms with E-state index in [9.17, 15) is 13.2 Å². The van der Waals surface area contributed by atoms with Crippen LogP contribution in [-0.2, 0) is 6.18 Å². The van der Waals surface area contributed by atoms with Crippen LogP contribution in [-0.4, -0.2) is 18.4 Å². The first-order chi connectivity index (χ1) is 8.91. The monoisotopic (exact) mass is 399 g/mol. The van der Waals surface area contributed by atoms with E-state index in [1.54, 1.807) is 6.07 Å². The molecule has 0 N–H and O–H groups in total. The van der Waals surface area contributed by atoms with Crippen LogP contribution in [0.5, 0.6) is 0 Å². The van der Waals surface area contributed by atoms with Gasteiger partial charge >= 0.3 is 6.18 Å². The summed E-state index contributed by atoms with van der Waals surface area (Å²) in [5, 5.41) is 0.932. The number of anilines is 1. The Labute approximate surface area is 127 Å². The summed E-state index contributed by atoms with van der Waals surface area (Å²) in [4.78, 5) is 2.15. The van der Waals surface area contributed by atoms with Gasteiger partial charge < -0.3 is 4.90 Å². The second kappa shape index (κ2) is 6.04. The lowest BCUT2D eigenvalue weighted by atomic mass is 9.99. The fraction of sp³-hybridized carbons (Fsp3) is 0.538. The molecule has 1 aromatic carbocycles. The molecule has 1 saturated heterocycles. The lowest BCUT2D eigenvalue weighted by Crippen LogP contribution is -2.36. The smallest absolute Gasteiger partial charge is 0.370 e. The zero-order chi connectivity index (χ0) is 14.0. The summed E-state index contributed by atoms with van der Waals surface area (Å²) in [6.07, 6.45) is -2.05. The summed E-state index contributed by atoms with van der Waals surface area (Å²) in [5.74, 6) is 0.558. The topological polar surface area (TPSA) is 3.24 Å². The van der Waals surface area contributed by atoms with Gasteiger partial charge in [-0.25, -0.2) is 0 Å². The molecule has 1 nitrogen and oxygen atoms in total. The minimum atomic E-state index is -4.29. The molecule has 19 heavy (non-hydrogen) atoms. The van der Waals surface area contributed by atoms with E-state index in [2.05, 4.69) is 36.8 Å². The van der Waals surface area contributed by atoms with Crippen molar-refractivity contribution in [2.45, 2.75) is 19.0 Å². The maximum atomic E-state index is 12.6. The van der Waals surface area contributed by atoms with Crippen LogP contribution in [0.3, 0.4) is 0 Å². The summed E-state index contributed by atoms with van der Waals surface area (Å²) in [7, 11) is 0. The summed E-state index contributed by atoms with van der Waals surface area (Å²) in [6, 6.07) is 3.87. The maximum Gasteiger partial charge on any atom is 0.416 e. The average molecular weight is 401 g/mol. The molecule has 1 aromatic rings. The highest BCUT2D eigenvalue weighted by Gasteiger charge is 2.31. The molecule has 1 aliphatic heterocycles. The molecular formula is C13H14Br2F3N. The fourth-order valence-corrected chi connectivity index (χ4v) is 3.51. The van der Waals surface area contributed by atoms with Crippen LogP contribution in [0.1, 0.15) is 18.4 Å². The van der Waals surface area contributed by atoms with E-state index in [1.807, 2.05) is 0 Å². The molecule has 1 heterocycles.